The maximum absolute atomic E-state index is 13.4. The molecule has 3 unspecified atom stereocenters. The van der Waals surface area contributed by atoms with E-state index in [0.717, 1.165) is 41.6 Å². The average Bonchev–Trinajstić information content (AvgIpc) is 3.23. The number of halogens is 1. The number of hydrogen-bond donors (Lipinski definition) is 1. The molecule has 2 aliphatic heterocycles. The first kappa shape index (κ1) is 20.7. The number of nitrogens with one attached hydrogen (secondary N) is 1. The number of carbonyl (C=O) groups is 1. The Balaban J connectivity index is 1.33. The van der Waals surface area contributed by atoms with Crippen LogP contribution in [0.15, 0.2) is 59.7 Å². The minimum Gasteiger partial charge on any atom is -0.307 e. The summed E-state index contributed by atoms with van der Waals surface area (Å²) in [4.78, 5) is 17.8. The van der Waals surface area contributed by atoms with Crippen LogP contribution >= 0.6 is 23.4 Å². The second-order valence-corrected chi connectivity index (χ2v) is 9.82. The van der Waals surface area contributed by atoms with Crippen molar-refractivity contribution >= 4 is 34.4 Å². The van der Waals surface area contributed by atoms with Gasteiger partial charge in [-0.1, -0.05) is 78.7 Å². The van der Waals surface area contributed by atoms with Crippen molar-refractivity contribution in [3.8, 4) is 0 Å². The Hall–Kier alpha value is -2.18. The third kappa shape index (κ3) is 4.28. The van der Waals surface area contributed by atoms with Crippen LogP contribution in [0.4, 0.5) is 0 Å². The SMILES string of the molecule is O=C1C2CCCCC2N2C(SCc3ccc(Cl)cc3)=NNC2N1CCc1ccccc1. The van der Waals surface area contributed by atoms with Crippen LogP contribution < -0.4 is 5.43 Å². The van der Waals surface area contributed by atoms with Crippen molar-refractivity contribution in [1.82, 2.24) is 15.2 Å². The van der Waals surface area contributed by atoms with Gasteiger partial charge >= 0.3 is 0 Å². The molecule has 2 heterocycles. The predicted octanol–water partition coefficient (Wildman–Crippen LogP) is 4.68. The summed E-state index contributed by atoms with van der Waals surface area (Å²) in [6.07, 6.45) is 5.02. The highest BCUT2D eigenvalue weighted by Gasteiger charge is 2.50. The van der Waals surface area contributed by atoms with E-state index in [-0.39, 0.29) is 24.2 Å². The molecule has 2 fully saturated rings. The lowest BCUT2D eigenvalue weighted by Gasteiger charge is -2.50. The van der Waals surface area contributed by atoms with E-state index in [9.17, 15) is 4.79 Å². The van der Waals surface area contributed by atoms with E-state index in [1.165, 1.54) is 17.5 Å². The van der Waals surface area contributed by atoms with Crippen LogP contribution in [0.25, 0.3) is 0 Å². The molecule has 0 spiro atoms. The number of hydrogen-bond acceptors (Lipinski definition) is 5. The third-order valence-corrected chi connectivity index (χ3v) is 7.80. The van der Waals surface area contributed by atoms with E-state index in [4.69, 9.17) is 11.6 Å². The largest absolute Gasteiger partial charge is 0.307 e. The van der Waals surface area contributed by atoms with Crippen LogP contribution in [0.2, 0.25) is 5.02 Å². The number of carbonyl (C=O) groups excluding carboxylic acids is 1. The highest BCUT2D eigenvalue weighted by Crippen LogP contribution is 2.39. The van der Waals surface area contributed by atoms with Crippen molar-refractivity contribution in [2.24, 2.45) is 11.0 Å². The van der Waals surface area contributed by atoms with E-state index in [2.05, 4.69) is 51.8 Å². The second kappa shape index (κ2) is 9.13. The third-order valence-electron chi connectivity index (χ3n) is 6.51. The number of hydrazone groups is 1. The van der Waals surface area contributed by atoms with Crippen molar-refractivity contribution in [2.45, 2.75) is 50.2 Å². The van der Waals surface area contributed by atoms with E-state index in [0.29, 0.717) is 6.54 Å². The van der Waals surface area contributed by atoms with E-state index < -0.39 is 0 Å². The Morgan fingerprint density at radius 2 is 1.81 bits per heavy atom. The van der Waals surface area contributed by atoms with Gasteiger partial charge in [0.25, 0.3) is 0 Å². The fourth-order valence-corrected chi connectivity index (χ4v) is 6.02. The zero-order chi connectivity index (χ0) is 21.2. The fourth-order valence-electron chi connectivity index (χ4n) is 4.91. The molecule has 1 saturated carbocycles. The molecular weight excluding hydrogens is 428 g/mol. The monoisotopic (exact) mass is 454 g/mol. The van der Waals surface area contributed by atoms with Crippen molar-refractivity contribution in [3.63, 3.8) is 0 Å². The first-order valence-electron chi connectivity index (χ1n) is 11.0. The van der Waals surface area contributed by atoms with E-state index >= 15 is 0 Å². The van der Waals surface area contributed by atoms with Crippen LogP contribution in [-0.2, 0) is 17.0 Å². The smallest absolute Gasteiger partial charge is 0.230 e. The summed E-state index contributed by atoms with van der Waals surface area (Å²) < 4.78 is 0. The Labute approximate surface area is 192 Å². The molecule has 1 N–H and O–H groups in total. The highest BCUT2D eigenvalue weighted by atomic mass is 35.5. The van der Waals surface area contributed by atoms with Gasteiger partial charge in [0.2, 0.25) is 5.91 Å². The highest BCUT2D eigenvalue weighted by molar-refractivity contribution is 8.13. The molecule has 1 amide bonds. The standard InChI is InChI=1S/C24H27ClN4OS/c25-19-12-10-18(11-13-19)16-31-24-27-26-23-28(15-14-17-6-2-1-3-7-17)22(30)20-8-4-5-9-21(20)29(23)24/h1-3,6-7,10-13,20-21,23,26H,4-5,8-9,14-16H2. The number of amides is 1. The number of amidine groups is 1. The van der Waals surface area contributed by atoms with Crippen molar-refractivity contribution in [3.05, 3.63) is 70.7 Å². The summed E-state index contributed by atoms with van der Waals surface area (Å²) in [5, 5.41) is 6.43. The van der Waals surface area contributed by atoms with Crippen molar-refractivity contribution in [2.75, 3.05) is 6.54 Å². The van der Waals surface area contributed by atoms with Gasteiger partial charge in [-0.15, -0.1) is 0 Å². The maximum Gasteiger partial charge on any atom is 0.230 e. The van der Waals surface area contributed by atoms with Crippen LogP contribution in [0, 0.1) is 5.92 Å². The molecule has 2 aromatic carbocycles. The van der Waals surface area contributed by atoms with Gasteiger partial charge in [-0.25, -0.2) is 0 Å². The zero-order valence-corrected chi connectivity index (χ0v) is 19.0. The van der Waals surface area contributed by atoms with Crippen LogP contribution in [0.1, 0.15) is 36.8 Å². The van der Waals surface area contributed by atoms with Crippen LogP contribution in [0.5, 0.6) is 0 Å². The Kier molecular flexibility index (Phi) is 6.10. The summed E-state index contributed by atoms with van der Waals surface area (Å²) in [7, 11) is 0. The molecule has 7 heteroatoms. The van der Waals surface area contributed by atoms with Crippen molar-refractivity contribution < 1.29 is 4.79 Å². The number of benzene rings is 2. The molecular formula is C24H27ClN4OS. The molecule has 2 aromatic rings. The van der Waals surface area contributed by atoms with Gasteiger partial charge in [0.15, 0.2) is 11.5 Å². The summed E-state index contributed by atoms with van der Waals surface area (Å²) in [6.45, 7) is 0.699. The van der Waals surface area contributed by atoms with E-state index in [1.807, 2.05) is 23.1 Å². The molecule has 1 saturated heterocycles. The van der Waals surface area contributed by atoms with Crippen LogP contribution in [-0.4, -0.2) is 39.8 Å². The topological polar surface area (TPSA) is 47.9 Å². The van der Waals surface area contributed by atoms with Crippen LogP contribution in [0.3, 0.4) is 0 Å². The molecule has 0 bridgehead atoms. The Morgan fingerprint density at radius 1 is 1.03 bits per heavy atom. The quantitative estimate of drug-likeness (QED) is 0.712. The molecule has 162 valence electrons. The Morgan fingerprint density at radius 3 is 2.61 bits per heavy atom. The molecule has 3 atom stereocenters. The molecule has 31 heavy (non-hydrogen) atoms. The first-order valence-corrected chi connectivity index (χ1v) is 12.4. The molecule has 0 aromatic heterocycles. The lowest BCUT2D eigenvalue weighted by molar-refractivity contribution is -0.155. The lowest BCUT2D eigenvalue weighted by Crippen LogP contribution is -2.67. The maximum atomic E-state index is 13.4. The minimum atomic E-state index is -0.178. The molecule has 0 radical (unpaired) electrons. The molecule has 1 aliphatic carbocycles. The molecule has 5 rings (SSSR count). The zero-order valence-electron chi connectivity index (χ0n) is 17.4. The number of fused-ring (bicyclic) bond motifs is 3. The Bertz CT molecular complexity index is 952. The van der Waals surface area contributed by atoms with Gasteiger partial charge in [-0.2, -0.15) is 5.10 Å². The fraction of sp³-hybridized carbons (Fsp3) is 0.417. The summed E-state index contributed by atoms with van der Waals surface area (Å²) in [5.74, 6) is 1.19. The van der Waals surface area contributed by atoms with E-state index in [1.54, 1.807) is 11.8 Å². The summed E-state index contributed by atoms with van der Waals surface area (Å²) in [6, 6.07) is 18.6. The summed E-state index contributed by atoms with van der Waals surface area (Å²) >= 11 is 7.76. The number of thioether (sulfide) groups is 1. The average molecular weight is 455 g/mol. The van der Waals surface area contributed by atoms with Gasteiger partial charge in [0, 0.05) is 23.4 Å². The van der Waals surface area contributed by atoms with Gasteiger partial charge in [-0.05, 0) is 42.5 Å². The second-order valence-electron chi connectivity index (χ2n) is 8.45. The first-order chi connectivity index (χ1) is 15.2. The minimum absolute atomic E-state index is 0.0713. The van der Waals surface area contributed by atoms with Crippen molar-refractivity contribution in [1.29, 1.82) is 0 Å². The number of rotatable bonds is 5. The summed E-state index contributed by atoms with van der Waals surface area (Å²) in [5.41, 5.74) is 5.75. The molecule has 5 nitrogen and oxygen atoms in total. The lowest BCUT2D eigenvalue weighted by atomic mass is 9.81. The molecule has 3 aliphatic rings. The van der Waals surface area contributed by atoms with Gasteiger partial charge in [-0.3, -0.25) is 10.2 Å². The van der Waals surface area contributed by atoms with Gasteiger partial charge < -0.3 is 9.80 Å². The number of nitrogens with zero attached hydrogens (tertiary/aromatic N) is 3. The predicted molar refractivity (Wildman–Crippen MR) is 127 cm³/mol. The normalized spacial score (nSPS) is 25.0. The van der Waals surface area contributed by atoms with Gasteiger partial charge in [0.1, 0.15) is 0 Å². The van der Waals surface area contributed by atoms with Gasteiger partial charge in [0.05, 0.1) is 5.92 Å².